The number of carbonyl (C=O) groups is 9. The molecule has 3 aliphatic heterocycles. The van der Waals surface area contributed by atoms with Crippen LogP contribution in [0.3, 0.4) is 0 Å². The number of aryl methyl sites for hydroxylation is 1. The van der Waals surface area contributed by atoms with Crippen LogP contribution < -0.4 is 41.4 Å². The van der Waals surface area contributed by atoms with E-state index in [1.165, 1.54) is 52.2 Å². The van der Waals surface area contributed by atoms with Gasteiger partial charge in [-0.2, -0.15) is 0 Å². The number of urea groups is 1. The summed E-state index contributed by atoms with van der Waals surface area (Å²) in [7, 11) is 3.23. The third-order valence-corrected chi connectivity index (χ3v) is 17.7. The molecule has 25 heteroatoms. The summed E-state index contributed by atoms with van der Waals surface area (Å²) < 4.78 is 18.7. The number of aromatic nitrogens is 1. The van der Waals surface area contributed by atoms with Gasteiger partial charge in [0.1, 0.15) is 31.0 Å². The van der Waals surface area contributed by atoms with Gasteiger partial charge < -0.3 is 60.9 Å². The van der Waals surface area contributed by atoms with Crippen LogP contribution in [-0.4, -0.2) is 169 Å². The van der Waals surface area contributed by atoms with Crippen LogP contribution in [0, 0.1) is 18.3 Å². The summed E-state index contributed by atoms with van der Waals surface area (Å²) in [6, 6.07) is 13.5. The molecule has 0 radical (unpaired) electrons. The van der Waals surface area contributed by atoms with Crippen molar-refractivity contribution in [2.45, 2.75) is 111 Å². The minimum Gasteiger partial charge on any atom is -0.492 e. The van der Waals surface area contributed by atoms with Crippen LogP contribution >= 0.6 is 22.9 Å². The number of benzene rings is 3. The zero-order valence-corrected chi connectivity index (χ0v) is 54.4. The van der Waals surface area contributed by atoms with E-state index in [0.717, 1.165) is 68.1 Å². The first kappa shape index (κ1) is 68.4. The molecule has 1 fully saturated rings. The molecule has 3 atom stereocenters. The van der Waals surface area contributed by atoms with Gasteiger partial charge in [-0.15, -0.1) is 22.9 Å². The Balaban J connectivity index is 0.812. The molecule has 5 heterocycles. The van der Waals surface area contributed by atoms with Crippen molar-refractivity contribution >= 4 is 115 Å². The van der Waals surface area contributed by atoms with Gasteiger partial charge in [0.25, 0.3) is 17.7 Å². The van der Waals surface area contributed by atoms with Gasteiger partial charge in [0.2, 0.25) is 17.7 Å². The van der Waals surface area contributed by atoms with E-state index in [0.29, 0.717) is 55.1 Å². The molecule has 23 nitrogen and oxygen atoms in total. The molecule has 10 amide bonds. The summed E-state index contributed by atoms with van der Waals surface area (Å²) in [5.41, 5.74) is 9.82. The van der Waals surface area contributed by atoms with E-state index >= 15 is 0 Å². The largest absolute Gasteiger partial charge is 0.492 e. The van der Waals surface area contributed by atoms with Crippen molar-refractivity contribution in [3.63, 3.8) is 0 Å². The van der Waals surface area contributed by atoms with E-state index in [1.54, 1.807) is 69.3 Å². The number of halogens is 1. The lowest BCUT2D eigenvalue weighted by Gasteiger charge is -2.33. The van der Waals surface area contributed by atoms with Crippen LogP contribution in [0.2, 0.25) is 0 Å². The Hall–Kier alpha value is -8.48. The minimum atomic E-state index is -1.07. The number of nitrogens with one attached hydrogen (secondary N) is 5. The number of fused-ring (bicyclic) bond motifs is 4. The summed E-state index contributed by atoms with van der Waals surface area (Å²) in [6.45, 7) is 14.1. The molecule has 2 aromatic heterocycles. The molecule has 488 valence electrons. The molecule has 3 aromatic carbocycles. The highest BCUT2D eigenvalue weighted by atomic mass is 35.5. The fourth-order valence-corrected chi connectivity index (χ4v) is 13.0. The molecule has 1 saturated heterocycles. The second kappa shape index (κ2) is 31.5. The number of amides is 10. The summed E-state index contributed by atoms with van der Waals surface area (Å²) >= 11 is 8.06. The van der Waals surface area contributed by atoms with Crippen molar-refractivity contribution < 1.29 is 57.4 Å². The molecule has 91 heavy (non-hydrogen) atoms. The Bertz CT molecular complexity index is 3520. The number of H-pyrrole nitrogens is 1. The maximum absolute atomic E-state index is 14.1. The van der Waals surface area contributed by atoms with Gasteiger partial charge in [0, 0.05) is 129 Å². The number of carbonyl (C=O) groups excluding carboxylic acids is 9. The Morgan fingerprint density at radius 1 is 0.879 bits per heavy atom. The molecule has 7 N–H and O–H groups in total. The number of thiophene rings is 1. The van der Waals surface area contributed by atoms with Gasteiger partial charge in [-0.1, -0.05) is 46.2 Å². The first-order chi connectivity index (χ1) is 43.5. The first-order valence-corrected chi connectivity index (χ1v) is 32.3. The van der Waals surface area contributed by atoms with Crippen LogP contribution in [0.25, 0.3) is 27.1 Å². The number of primary amides is 1. The lowest BCUT2D eigenvalue weighted by atomic mass is 9.92. The standard InChI is InChI=1S/C66H84ClN11O12S/c1-41(2)59(73-53(79)15-9-8-10-29-77-54(80)24-25-55(77)81)62(84)72-50(14-13-26-69-63(68)85)61(83)71-46-18-16-43(17-19-46)37-89-64(86)74(6)39-66(4,5)40-75(7)65(87)90-52-34-51-58(57-42(3)38-91-60(52)57)45(35-67)36-78(51)56(82)23-20-47-32-44-33-48(21-22-49(44)70-47)88-31-30-76-27-11-12-28-76/h16-25,32-34,38,41,45,50,59,70H,8-15,26-31,35-37,39-40H2,1-7H3,(H,71,83)(H,72,84)(H,73,79)(H3,68,69,85)/b23-20+/t45-,50-,59-/m0/s1. The number of anilines is 2. The number of likely N-dealkylation sites (tertiary alicyclic amines) is 1. The molecule has 3 aliphatic rings. The average Bonchev–Trinajstić information content (AvgIpc) is 1.59. The average molecular weight is 1290 g/mol. The van der Waals surface area contributed by atoms with Gasteiger partial charge in [0.15, 0.2) is 5.75 Å². The molecular formula is C66H84ClN11O12S. The number of nitrogens with zero attached hydrogens (tertiary/aromatic N) is 5. The molecule has 0 aliphatic carbocycles. The number of unbranched alkanes of at least 4 members (excludes halogenated alkanes) is 2. The lowest BCUT2D eigenvalue weighted by molar-refractivity contribution is -0.137. The molecular weight excluding hydrogens is 1210 g/mol. The van der Waals surface area contributed by atoms with E-state index in [2.05, 4.69) is 31.2 Å². The Morgan fingerprint density at radius 3 is 2.29 bits per heavy atom. The molecule has 0 spiro atoms. The Kier molecular flexibility index (Phi) is 23.7. The number of imide groups is 1. The maximum atomic E-state index is 14.1. The molecule has 8 rings (SSSR count). The van der Waals surface area contributed by atoms with E-state index in [-0.39, 0.29) is 93.4 Å². The second-order valence-corrected chi connectivity index (χ2v) is 25.9. The molecule has 0 bridgehead atoms. The number of hydrogen-bond acceptors (Lipinski definition) is 14. The zero-order chi connectivity index (χ0) is 65.5. The quantitative estimate of drug-likeness (QED) is 0.0109. The van der Waals surface area contributed by atoms with Gasteiger partial charge in [0.05, 0.1) is 10.4 Å². The fourth-order valence-electron chi connectivity index (χ4n) is 11.7. The topological polar surface area (TPSA) is 287 Å². The van der Waals surface area contributed by atoms with Gasteiger partial charge in [-0.3, -0.25) is 38.6 Å². The number of ether oxygens (including phenoxy) is 3. The highest BCUT2D eigenvalue weighted by molar-refractivity contribution is 7.17. The highest BCUT2D eigenvalue weighted by Crippen LogP contribution is 2.49. The smallest absolute Gasteiger partial charge is 0.415 e. The highest BCUT2D eigenvalue weighted by Gasteiger charge is 2.37. The third-order valence-electron chi connectivity index (χ3n) is 16.2. The number of nitrogens with two attached hydrogens (primary N) is 1. The van der Waals surface area contributed by atoms with Crippen molar-refractivity contribution in [2.75, 3.05) is 89.2 Å². The Morgan fingerprint density at radius 2 is 1.59 bits per heavy atom. The first-order valence-electron chi connectivity index (χ1n) is 30.9. The van der Waals surface area contributed by atoms with Gasteiger partial charge in [-0.25, -0.2) is 14.4 Å². The van der Waals surface area contributed by atoms with Crippen LogP contribution in [0.1, 0.15) is 107 Å². The third kappa shape index (κ3) is 18.6. The number of rotatable bonds is 30. The predicted octanol–water partition coefficient (Wildman–Crippen LogP) is 8.77. The van der Waals surface area contributed by atoms with Crippen LogP contribution in [0.5, 0.6) is 11.5 Å². The van der Waals surface area contributed by atoms with Crippen LogP contribution in [0.4, 0.5) is 25.8 Å². The normalized spacial score (nSPS) is 15.5. The van der Waals surface area contributed by atoms with Crippen molar-refractivity contribution in [1.82, 2.24) is 40.5 Å². The fraction of sp³-hybridized carbons (Fsp3) is 0.470. The number of hydrogen-bond donors (Lipinski definition) is 6. The monoisotopic (exact) mass is 1290 g/mol. The summed E-state index contributed by atoms with van der Waals surface area (Å²) in [5, 5.41) is 14.7. The van der Waals surface area contributed by atoms with Gasteiger partial charge in [-0.05, 0) is 129 Å². The predicted molar refractivity (Wildman–Crippen MR) is 351 cm³/mol. The minimum absolute atomic E-state index is 0.0983. The SMILES string of the molecule is Cc1csc2c(OC(=O)N(C)CC(C)(C)CN(C)C(=O)OCc3ccc(NC(=O)[C@H](CCCNC(N)=O)NC(=O)[C@@H](NC(=O)CCCCCN4C(=O)C=CC4=O)C(C)C)cc3)cc3c(c12)[C@@H](CCl)CN3C(=O)/C=C/c1cc2cc(OCCN3CCCC3)ccc2[nH]1. The van der Waals surface area contributed by atoms with E-state index in [1.807, 2.05) is 50.4 Å². The lowest BCUT2D eigenvalue weighted by Crippen LogP contribution is -2.54. The van der Waals surface area contributed by atoms with Gasteiger partial charge >= 0.3 is 18.2 Å². The van der Waals surface area contributed by atoms with E-state index in [4.69, 9.17) is 31.5 Å². The molecule has 0 saturated carbocycles. The summed E-state index contributed by atoms with van der Waals surface area (Å²) in [5.74, 6) is -1.59. The van der Waals surface area contributed by atoms with E-state index < -0.39 is 47.5 Å². The Labute approximate surface area is 539 Å². The van der Waals surface area contributed by atoms with Crippen LogP contribution in [0.15, 0.2) is 78.2 Å². The van der Waals surface area contributed by atoms with Crippen molar-refractivity contribution in [3.05, 3.63) is 101 Å². The molecule has 0 unspecified atom stereocenters. The van der Waals surface area contributed by atoms with Crippen molar-refractivity contribution in [1.29, 1.82) is 0 Å². The van der Waals surface area contributed by atoms with E-state index in [9.17, 15) is 43.2 Å². The zero-order valence-electron chi connectivity index (χ0n) is 52.8. The van der Waals surface area contributed by atoms with Crippen molar-refractivity contribution in [3.8, 4) is 11.5 Å². The second-order valence-electron chi connectivity index (χ2n) is 24.7. The number of aromatic amines is 1. The summed E-state index contributed by atoms with van der Waals surface area (Å²) in [4.78, 5) is 128. The molecule has 5 aromatic rings. The summed E-state index contributed by atoms with van der Waals surface area (Å²) in [6.07, 6.45) is 9.03. The number of alkyl halides is 1. The van der Waals surface area contributed by atoms with Crippen molar-refractivity contribution in [2.24, 2.45) is 17.1 Å². The van der Waals surface area contributed by atoms with Crippen LogP contribution in [-0.2, 0) is 40.1 Å². The maximum Gasteiger partial charge on any atom is 0.415 e.